The lowest BCUT2D eigenvalue weighted by Gasteiger charge is -2.29. The number of hydrogen-bond acceptors (Lipinski definition) is 1. The molecule has 1 nitrogen and oxygen atoms in total. The largest absolute Gasteiger partial charge is 0.490 e. The summed E-state index contributed by atoms with van der Waals surface area (Å²) < 4.78 is 6.03. The number of fused-ring (bicyclic) bond motifs is 1. The highest BCUT2D eigenvalue weighted by Gasteiger charge is 2.31. The number of alkyl halides is 1. The Morgan fingerprint density at radius 3 is 2.82 bits per heavy atom. The third kappa shape index (κ3) is 3.04. The maximum atomic E-state index is 6.03. The fourth-order valence-corrected chi connectivity index (χ4v) is 3.25. The molecule has 2 rings (SSSR count). The maximum Gasteiger partial charge on any atom is 0.123 e. The Kier molecular flexibility index (Phi) is 4.13. The molecule has 0 saturated carbocycles. The molecular weight excluding hydrogens is 276 g/mol. The van der Waals surface area contributed by atoms with E-state index in [1.807, 2.05) is 0 Å². The van der Waals surface area contributed by atoms with Crippen molar-refractivity contribution < 1.29 is 4.74 Å². The minimum absolute atomic E-state index is 0.362. The van der Waals surface area contributed by atoms with E-state index < -0.39 is 0 Å². The summed E-state index contributed by atoms with van der Waals surface area (Å²) in [5.41, 5.74) is 1.73. The number of ether oxygens (including phenoxy) is 1. The summed E-state index contributed by atoms with van der Waals surface area (Å²) >= 11 is 3.66. The first-order valence-electron chi connectivity index (χ1n) is 6.47. The average molecular weight is 297 g/mol. The number of halogens is 1. The lowest BCUT2D eigenvalue weighted by molar-refractivity contribution is 0.153. The Morgan fingerprint density at radius 1 is 1.41 bits per heavy atom. The average Bonchev–Trinajstić information content (AvgIpc) is 2.71. The van der Waals surface area contributed by atoms with Gasteiger partial charge in [-0.1, -0.05) is 54.4 Å². The molecule has 0 fully saturated rings. The van der Waals surface area contributed by atoms with Crippen molar-refractivity contribution in [2.24, 2.45) is 5.41 Å². The van der Waals surface area contributed by atoms with Gasteiger partial charge in [0.05, 0.1) is 0 Å². The minimum atomic E-state index is 0.362. The molecule has 0 bridgehead atoms. The summed E-state index contributed by atoms with van der Waals surface area (Å²) in [7, 11) is 0. The van der Waals surface area contributed by atoms with Crippen LogP contribution in [0.25, 0.3) is 0 Å². The zero-order valence-corrected chi connectivity index (χ0v) is 12.3. The van der Waals surface area contributed by atoms with Crippen molar-refractivity contribution in [1.29, 1.82) is 0 Å². The van der Waals surface area contributed by atoms with E-state index in [-0.39, 0.29) is 0 Å². The van der Waals surface area contributed by atoms with E-state index in [0.717, 1.165) is 23.9 Å². The smallest absolute Gasteiger partial charge is 0.123 e. The van der Waals surface area contributed by atoms with Crippen molar-refractivity contribution in [2.75, 3.05) is 5.33 Å². The Balaban J connectivity index is 1.99. The molecule has 0 radical (unpaired) electrons. The molecule has 0 aromatic heterocycles. The molecule has 0 spiro atoms. The second-order valence-corrected chi connectivity index (χ2v) is 6.01. The molecule has 1 aromatic rings. The Hall–Kier alpha value is -0.500. The van der Waals surface area contributed by atoms with Gasteiger partial charge < -0.3 is 4.74 Å². The SMILES string of the molecule is CCCC(C)(CBr)CC1Cc2ccccc2O1. The molecule has 0 saturated heterocycles. The summed E-state index contributed by atoms with van der Waals surface area (Å²) in [5, 5.41) is 1.06. The zero-order chi connectivity index (χ0) is 12.3. The first kappa shape index (κ1) is 12.9. The van der Waals surface area contributed by atoms with E-state index in [9.17, 15) is 0 Å². The van der Waals surface area contributed by atoms with Crippen LogP contribution in [-0.4, -0.2) is 11.4 Å². The minimum Gasteiger partial charge on any atom is -0.490 e. The van der Waals surface area contributed by atoms with Crippen molar-refractivity contribution >= 4 is 15.9 Å². The van der Waals surface area contributed by atoms with Gasteiger partial charge in [-0.3, -0.25) is 0 Å². The lowest BCUT2D eigenvalue weighted by Crippen LogP contribution is -2.27. The fourth-order valence-electron chi connectivity index (χ4n) is 2.74. The van der Waals surface area contributed by atoms with E-state index in [2.05, 4.69) is 54.0 Å². The van der Waals surface area contributed by atoms with Crippen LogP contribution < -0.4 is 4.74 Å². The normalized spacial score (nSPS) is 21.7. The summed E-state index contributed by atoms with van der Waals surface area (Å²) in [6.45, 7) is 4.61. The van der Waals surface area contributed by atoms with Gasteiger partial charge in [-0.05, 0) is 29.9 Å². The summed E-state index contributed by atoms with van der Waals surface area (Å²) in [6.07, 6.45) is 5.07. The van der Waals surface area contributed by atoms with Gasteiger partial charge in [0.2, 0.25) is 0 Å². The molecular formula is C15H21BrO. The monoisotopic (exact) mass is 296 g/mol. The first-order valence-corrected chi connectivity index (χ1v) is 7.59. The van der Waals surface area contributed by atoms with Gasteiger partial charge in [0, 0.05) is 11.8 Å². The Bertz CT molecular complexity index is 352. The quantitative estimate of drug-likeness (QED) is 0.723. The molecule has 0 N–H and O–H groups in total. The summed E-state index contributed by atoms with van der Waals surface area (Å²) in [6, 6.07) is 8.42. The molecule has 2 heteroatoms. The molecule has 1 aliphatic rings. The number of para-hydroxylation sites is 1. The topological polar surface area (TPSA) is 9.23 Å². The van der Waals surface area contributed by atoms with Crippen molar-refractivity contribution in [2.45, 2.75) is 45.6 Å². The highest BCUT2D eigenvalue weighted by atomic mass is 79.9. The van der Waals surface area contributed by atoms with Crippen LogP contribution in [0.4, 0.5) is 0 Å². The number of benzene rings is 1. The third-order valence-corrected chi connectivity index (χ3v) is 4.96. The molecule has 0 amide bonds. The lowest BCUT2D eigenvalue weighted by atomic mass is 9.81. The number of rotatable bonds is 5. The van der Waals surface area contributed by atoms with Crippen LogP contribution in [0, 0.1) is 5.41 Å². The van der Waals surface area contributed by atoms with Crippen LogP contribution in [0.2, 0.25) is 0 Å². The van der Waals surface area contributed by atoms with E-state index in [1.165, 1.54) is 18.4 Å². The molecule has 1 aliphatic heterocycles. The van der Waals surface area contributed by atoms with Crippen LogP contribution in [0.1, 0.15) is 38.7 Å². The fraction of sp³-hybridized carbons (Fsp3) is 0.600. The van der Waals surface area contributed by atoms with Gasteiger partial charge in [-0.2, -0.15) is 0 Å². The van der Waals surface area contributed by atoms with Gasteiger partial charge in [0.25, 0.3) is 0 Å². The van der Waals surface area contributed by atoms with Crippen LogP contribution in [-0.2, 0) is 6.42 Å². The molecule has 2 atom stereocenters. The second kappa shape index (κ2) is 5.43. The van der Waals surface area contributed by atoms with Gasteiger partial charge in [0.15, 0.2) is 0 Å². The van der Waals surface area contributed by atoms with Gasteiger partial charge in [0.1, 0.15) is 11.9 Å². The van der Waals surface area contributed by atoms with Gasteiger partial charge in [-0.15, -0.1) is 0 Å². The highest BCUT2D eigenvalue weighted by molar-refractivity contribution is 9.09. The van der Waals surface area contributed by atoms with E-state index in [0.29, 0.717) is 11.5 Å². The van der Waals surface area contributed by atoms with Crippen molar-refractivity contribution in [1.82, 2.24) is 0 Å². The predicted octanol–water partition coefficient (Wildman–Crippen LogP) is 4.58. The predicted molar refractivity (Wildman–Crippen MR) is 76.0 cm³/mol. The zero-order valence-electron chi connectivity index (χ0n) is 10.7. The number of hydrogen-bond donors (Lipinski definition) is 0. The molecule has 0 aliphatic carbocycles. The molecule has 2 unspecified atom stereocenters. The molecule has 1 heterocycles. The molecule has 17 heavy (non-hydrogen) atoms. The molecule has 1 aromatic carbocycles. The van der Waals surface area contributed by atoms with Crippen molar-refractivity contribution in [3.05, 3.63) is 29.8 Å². The molecule has 94 valence electrons. The van der Waals surface area contributed by atoms with Gasteiger partial charge >= 0.3 is 0 Å². The van der Waals surface area contributed by atoms with Crippen LogP contribution in [0.15, 0.2) is 24.3 Å². The Labute approximate surface area is 113 Å². The maximum absolute atomic E-state index is 6.03. The van der Waals surface area contributed by atoms with Crippen LogP contribution in [0.5, 0.6) is 5.75 Å². The van der Waals surface area contributed by atoms with Crippen LogP contribution >= 0.6 is 15.9 Å². The van der Waals surface area contributed by atoms with Crippen molar-refractivity contribution in [3.8, 4) is 5.75 Å². The summed E-state index contributed by atoms with van der Waals surface area (Å²) in [5.74, 6) is 1.09. The second-order valence-electron chi connectivity index (χ2n) is 5.45. The van der Waals surface area contributed by atoms with Crippen LogP contribution in [0.3, 0.4) is 0 Å². The van der Waals surface area contributed by atoms with Gasteiger partial charge in [-0.25, -0.2) is 0 Å². The standard InChI is InChI=1S/C15H21BrO/c1-3-8-15(2,11-16)10-13-9-12-6-4-5-7-14(12)17-13/h4-7,13H,3,8-11H2,1-2H3. The van der Waals surface area contributed by atoms with E-state index in [4.69, 9.17) is 4.74 Å². The van der Waals surface area contributed by atoms with Crippen molar-refractivity contribution in [3.63, 3.8) is 0 Å². The Morgan fingerprint density at radius 2 is 2.18 bits per heavy atom. The van der Waals surface area contributed by atoms with E-state index in [1.54, 1.807) is 0 Å². The third-order valence-electron chi connectivity index (χ3n) is 3.61. The first-order chi connectivity index (χ1) is 8.17. The van der Waals surface area contributed by atoms with E-state index >= 15 is 0 Å². The highest BCUT2D eigenvalue weighted by Crippen LogP contribution is 2.37. The summed E-state index contributed by atoms with van der Waals surface area (Å²) in [4.78, 5) is 0.